The predicted molar refractivity (Wildman–Crippen MR) is 92.0 cm³/mol. The van der Waals surface area contributed by atoms with E-state index in [1.54, 1.807) is 48.5 Å². The van der Waals surface area contributed by atoms with E-state index in [2.05, 4.69) is 20.6 Å². The number of hydrogen-bond acceptors (Lipinski definition) is 4. The van der Waals surface area contributed by atoms with Crippen molar-refractivity contribution in [3.05, 3.63) is 65.7 Å². The summed E-state index contributed by atoms with van der Waals surface area (Å²) >= 11 is 0. The Hall–Kier alpha value is -3.07. The van der Waals surface area contributed by atoms with Gasteiger partial charge in [-0.3, -0.25) is 0 Å². The number of nitrogens with zero attached hydrogens (tertiary/aromatic N) is 1. The van der Waals surface area contributed by atoms with Crippen molar-refractivity contribution in [3.63, 3.8) is 0 Å². The molecule has 3 N–H and O–H groups in total. The number of halogens is 3. The summed E-state index contributed by atoms with van der Waals surface area (Å²) in [6.07, 6.45) is -5.76. The number of aliphatic hydroxyl groups is 1. The lowest BCUT2D eigenvalue weighted by molar-refractivity contribution is -0.355. The number of benzene rings is 2. The molecule has 0 aliphatic carbocycles. The molecule has 0 saturated carbocycles. The van der Waals surface area contributed by atoms with Crippen LogP contribution in [0.5, 0.6) is 0 Å². The molecule has 0 spiro atoms. The SMILES string of the molecule is O=C(NCc1cccc(C2=NOC(O)(C(F)(F)F)C2)c1)Nc1ccccc1. The highest BCUT2D eigenvalue weighted by atomic mass is 19.4. The molecule has 9 heteroatoms. The Balaban J connectivity index is 1.61. The fraction of sp³-hybridized carbons (Fsp3) is 0.222. The van der Waals surface area contributed by atoms with Crippen molar-refractivity contribution in [1.82, 2.24) is 5.32 Å². The van der Waals surface area contributed by atoms with E-state index in [1.807, 2.05) is 6.07 Å². The largest absolute Gasteiger partial charge is 0.458 e. The molecule has 2 amide bonds. The van der Waals surface area contributed by atoms with Gasteiger partial charge >= 0.3 is 18.0 Å². The highest BCUT2D eigenvalue weighted by Gasteiger charge is 2.60. The molecule has 27 heavy (non-hydrogen) atoms. The maximum atomic E-state index is 12.8. The highest BCUT2D eigenvalue weighted by Crippen LogP contribution is 2.38. The maximum absolute atomic E-state index is 12.8. The molecule has 1 heterocycles. The highest BCUT2D eigenvalue weighted by molar-refractivity contribution is 6.01. The van der Waals surface area contributed by atoms with E-state index in [0.717, 1.165) is 0 Å². The lowest BCUT2D eigenvalue weighted by Gasteiger charge is -2.22. The van der Waals surface area contributed by atoms with E-state index in [0.29, 0.717) is 16.8 Å². The van der Waals surface area contributed by atoms with E-state index >= 15 is 0 Å². The van der Waals surface area contributed by atoms with Gasteiger partial charge in [0, 0.05) is 12.2 Å². The number of carbonyl (C=O) groups excluding carboxylic acids is 1. The predicted octanol–water partition coefficient (Wildman–Crippen LogP) is 3.38. The van der Waals surface area contributed by atoms with E-state index in [9.17, 15) is 23.1 Å². The minimum absolute atomic E-state index is 0.0228. The third-order valence-electron chi connectivity index (χ3n) is 3.90. The number of rotatable bonds is 4. The molecule has 1 unspecified atom stereocenters. The van der Waals surface area contributed by atoms with Crippen LogP contribution in [0.4, 0.5) is 23.7 Å². The first-order chi connectivity index (χ1) is 12.8. The van der Waals surface area contributed by atoms with Crippen LogP contribution in [-0.4, -0.2) is 28.8 Å². The van der Waals surface area contributed by atoms with Crippen LogP contribution in [0.25, 0.3) is 0 Å². The first-order valence-electron chi connectivity index (χ1n) is 8.00. The van der Waals surface area contributed by atoms with E-state index < -0.39 is 24.4 Å². The molecule has 2 aromatic carbocycles. The number of alkyl halides is 3. The average molecular weight is 379 g/mol. The van der Waals surface area contributed by atoms with Gasteiger partial charge in [0.2, 0.25) is 0 Å². The minimum Gasteiger partial charge on any atom is -0.350 e. The van der Waals surface area contributed by atoms with Crippen molar-refractivity contribution >= 4 is 17.4 Å². The number of amides is 2. The van der Waals surface area contributed by atoms with Gasteiger partial charge in [-0.05, 0) is 29.3 Å². The maximum Gasteiger partial charge on any atom is 0.458 e. The Labute approximate surface area is 152 Å². The van der Waals surface area contributed by atoms with Crippen LogP contribution in [0.2, 0.25) is 0 Å². The van der Waals surface area contributed by atoms with Crippen LogP contribution in [0, 0.1) is 0 Å². The van der Waals surface area contributed by atoms with Crippen LogP contribution >= 0.6 is 0 Å². The molecule has 0 aromatic heterocycles. The third-order valence-corrected chi connectivity index (χ3v) is 3.90. The quantitative estimate of drug-likeness (QED) is 0.762. The van der Waals surface area contributed by atoms with Crippen molar-refractivity contribution in [1.29, 1.82) is 0 Å². The zero-order chi connectivity index (χ0) is 19.5. The van der Waals surface area contributed by atoms with Gasteiger partial charge in [0.05, 0.1) is 12.1 Å². The zero-order valence-electron chi connectivity index (χ0n) is 14.0. The van der Waals surface area contributed by atoms with Gasteiger partial charge in [-0.15, -0.1) is 0 Å². The van der Waals surface area contributed by atoms with Gasteiger partial charge in [0.25, 0.3) is 0 Å². The Morgan fingerprint density at radius 3 is 2.59 bits per heavy atom. The minimum atomic E-state index is -4.95. The molecule has 1 aliphatic heterocycles. The Kier molecular flexibility index (Phi) is 5.04. The second-order valence-electron chi connectivity index (χ2n) is 5.96. The molecule has 1 aliphatic rings. The number of anilines is 1. The smallest absolute Gasteiger partial charge is 0.350 e. The van der Waals surface area contributed by atoms with Crippen LogP contribution in [0.1, 0.15) is 17.5 Å². The van der Waals surface area contributed by atoms with E-state index in [4.69, 9.17) is 0 Å². The van der Waals surface area contributed by atoms with Crippen LogP contribution in [0.15, 0.2) is 59.8 Å². The van der Waals surface area contributed by atoms with Gasteiger partial charge in [-0.25, -0.2) is 4.79 Å². The number of hydrogen-bond donors (Lipinski definition) is 3. The lowest BCUT2D eigenvalue weighted by atomic mass is 10.0. The monoisotopic (exact) mass is 379 g/mol. The summed E-state index contributed by atoms with van der Waals surface area (Å²) in [7, 11) is 0. The van der Waals surface area contributed by atoms with Crippen molar-refractivity contribution < 1.29 is 27.9 Å². The average Bonchev–Trinajstić information content (AvgIpc) is 3.05. The molecule has 1 atom stereocenters. The molecular weight excluding hydrogens is 363 g/mol. The second kappa shape index (κ2) is 7.28. The summed E-state index contributed by atoms with van der Waals surface area (Å²) in [6, 6.07) is 14.9. The summed E-state index contributed by atoms with van der Waals surface area (Å²) in [5.74, 6) is -3.31. The van der Waals surface area contributed by atoms with E-state index in [1.165, 1.54) is 0 Å². The molecule has 0 saturated heterocycles. The summed E-state index contributed by atoms with van der Waals surface area (Å²) in [4.78, 5) is 16.1. The van der Waals surface area contributed by atoms with E-state index in [-0.39, 0.29) is 12.3 Å². The molecule has 0 fully saturated rings. The topological polar surface area (TPSA) is 83.0 Å². The van der Waals surface area contributed by atoms with Gasteiger partial charge in [-0.1, -0.05) is 41.6 Å². The Morgan fingerprint density at radius 1 is 1.19 bits per heavy atom. The molecule has 2 aromatic rings. The van der Waals surface area contributed by atoms with Crippen molar-refractivity contribution in [2.24, 2.45) is 5.16 Å². The standard InChI is InChI=1S/C18H16F3N3O3/c19-18(20,21)17(26)10-15(24-27-17)13-6-4-5-12(9-13)11-22-16(25)23-14-7-2-1-3-8-14/h1-9,26H,10-11H2,(H2,22,23,25). The number of urea groups is 1. The zero-order valence-corrected chi connectivity index (χ0v) is 14.0. The lowest BCUT2D eigenvalue weighted by Crippen LogP contribution is -2.45. The number of para-hydroxylation sites is 1. The van der Waals surface area contributed by atoms with Crippen molar-refractivity contribution in [2.75, 3.05) is 5.32 Å². The summed E-state index contributed by atoms with van der Waals surface area (Å²) < 4.78 is 38.4. The fourth-order valence-corrected chi connectivity index (χ4v) is 2.47. The van der Waals surface area contributed by atoms with Crippen molar-refractivity contribution in [2.45, 2.75) is 24.9 Å². The Bertz CT molecular complexity index is 856. The molecule has 6 nitrogen and oxygen atoms in total. The summed E-state index contributed by atoms with van der Waals surface area (Å²) in [5, 5.41) is 18.2. The van der Waals surface area contributed by atoms with Crippen LogP contribution in [-0.2, 0) is 11.4 Å². The normalized spacial score (nSPS) is 19.2. The summed E-state index contributed by atoms with van der Waals surface area (Å²) in [6.45, 7) is 0.157. The molecule has 3 rings (SSSR count). The Morgan fingerprint density at radius 2 is 1.93 bits per heavy atom. The molecular formula is C18H16F3N3O3. The first kappa shape index (κ1) is 18.7. The number of oxime groups is 1. The van der Waals surface area contributed by atoms with Gasteiger partial charge in [-0.2, -0.15) is 13.2 Å². The molecule has 0 radical (unpaired) electrons. The van der Waals surface area contributed by atoms with Gasteiger partial charge < -0.3 is 20.6 Å². The van der Waals surface area contributed by atoms with Crippen LogP contribution in [0.3, 0.4) is 0 Å². The summed E-state index contributed by atoms with van der Waals surface area (Å²) in [5.41, 5.74) is 1.64. The van der Waals surface area contributed by atoms with Crippen LogP contribution < -0.4 is 10.6 Å². The second-order valence-corrected chi connectivity index (χ2v) is 5.96. The number of carbonyl (C=O) groups is 1. The first-order valence-corrected chi connectivity index (χ1v) is 8.00. The van der Waals surface area contributed by atoms with Gasteiger partial charge in [0.1, 0.15) is 0 Å². The molecule has 0 bridgehead atoms. The molecule has 142 valence electrons. The number of nitrogens with one attached hydrogen (secondary N) is 2. The third kappa shape index (κ3) is 4.37. The fourth-order valence-electron chi connectivity index (χ4n) is 2.47. The van der Waals surface area contributed by atoms with Crippen molar-refractivity contribution in [3.8, 4) is 0 Å². The van der Waals surface area contributed by atoms with Gasteiger partial charge in [0.15, 0.2) is 0 Å².